The molecular weight excluding hydrogens is 801 g/mol. The minimum atomic E-state index is -1.17. The predicted molar refractivity (Wildman–Crippen MR) is 227 cm³/mol. The molecule has 2 aliphatic rings. The van der Waals surface area contributed by atoms with Crippen LogP contribution in [0.2, 0.25) is 10.2 Å². The lowest BCUT2D eigenvalue weighted by molar-refractivity contribution is -0.142. The van der Waals surface area contributed by atoms with E-state index < -0.39 is 30.1 Å². The first-order chi connectivity index (χ1) is 29.1. The van der Waals surface area contributed by atoms with Crippen molar-refractivity contribution in [2.75, 3.05) is 5.32 Å². The number of nitrogens with zero attached hydrogens (tertiary/aromatic N) is 3. The number of aliphatic carboxylic acids is 1. The molecule has 3 atom stereocenters. The van der Waals surface area contributed by atoms with Crippen molar-refractivity contribution in [3.63, 3.8) is 0 Å². The Labute approximate surface area is 356 Å². The summed E-state index contributed by atoms with van der Waals surface area (Å²) in [6, 6.07) is 37.3. The van der Waals surface area contributed by atoms with Crippen molar-refractivity contribution in [2.45, 2.75) is 50.7 Å². The molecular formula is C47H37Cl2N5O6. The average Bonchev–Trinajstić information content (AvgIpc) is 3.26. The predicted octanol–water partition coefficient (Wildman–Crippen LogP) is 8.32. The van der Waals surface area contributed by atoms with Crippen molar-refractivity contribution in [1.82, 2.24) is 15.2 Å². The minimum Gasteiger partial charge on any atom is -0.489 e. The summed E-state index contributed by atoms with van der Waals surface area (Å²) in [6.07, 6.45) is 1.05. The van der Waals surface area contributed by atoms with Crippen molar-refractivity contribution in [3.8, 4) is 28.7 Å². The molecule has 60 heavy (non-hydrogen) atoms. The molecule has 300 valence electrons. The molecule has 0 spiro atoms. The zero-order valence-corrected chi connectivity index (χ0v) is 33.5. The van der Waals surface area contributed by atoms with Crippen LogP contribution < -0.4 is 20.1 Å². The summed E-state index contributed by atoms with van der Waals surface area (Å²) in [4.78, 5) is 46.2. The van der Waals surface area contributed by atoms with Gasteiger partial charge in [0.15, 0.2) is 0 Å². The summed E-state index contributed by atoms with van der Waals surface area (Å²) in [6.45, 7) is 1.05. The number of rotatable bonds is 12. The molecule has 1 aromatic heterocycles. The molecule has 3 unspecified atom stereocenters. The van der Waals surface area contributed by atoms with Crippen LogP contribution in [-0.2, 0) is 46.9 Å². The molecule has 6 aromatic rings. The zero-order chi connectivity index (χ0) is 41.8. The van der Waals surface area contributed by atoms with Crippen molar-refractivity contribution in [1.29, 1.82) is 5.26 Å². The lowest BCUT2D eigenvalue weighted by Crippen LogP contribution is -2.54. The Bertz CT molecular complexity index is 2600. The number of carboxylic acid groups (broad SMARTS) is 1. The SMILES string of the molecule is N#Cc1ccc(-c2ccc(CC(NC(=O)C3Cc4cc5c(cc4CN3Cc3ccccc3)OC(c3ccc(OCc4cnc(Cl)c(Cl)c4)cc3)C(=O)N5)C(=O)O)cc2)cc1. The highest BCUT2D eigenvalue weighted by atomic mass is 35.5. The van der Waals surface area contributed by atoms with E-state index in [0.717, 1.165) is 38.9 Å². The quantitative estimate of drug-likeness (QED) is 0.103. The number of fused-ring (bicyclic) bond motifs is 2. The fourth-order valence-corrected chi connectivity index (χ4v) is 7.72. The van der Waals surface area contributed by atoms with E-state index in [9.17, 15) is 19.5 Å². The highest BCUT2D eigenvalue weighted by molar-refractivity contribution is 6.41. The lowest BCUT2D eigenvalue weighted by atomic mass is 9.91. The largest absolute Gasteiger partial charge is 0.489 e. The average molecular weight is 839 g/mol. The van der Waals surface area contributed by atoms with Crippen molar-refractivity contribution >= 4 is 46.7 Å². The van der Waals surface area contributed by atoms with E-state index in [1.54, 1.807) is 48.7 Å². The molecule has 3 heterocycles. The molecule has 11 nitrogen and oxygen atoms in total. The van der Waals surface area contributed by atoms with Gasteiger partial charge in [0.25, 0.3) is 5.91 Å². The van der Waals surface area contributed by atoms with Crippen LogP contribution in [0.15, 0.2) is 128 Å². The Morgan fingerprint density at radius 2 is 1.63 bits per heavy atom. The number of carbonyl (C=O) groups excluding carboxylic acids is 2. The Balaban J connectivity index is 0.972. The summed E-state index contributed by atoms with van der Waals surface area (Å²) in [7, 11) is 0. The zero-order valence-electron chi connectivity index (χ0n) is 32.0. The summed E-state index contributed by atoms with van der Waals surface area (Å²) in [5.74, 6) is -0.807. The lowest BCUT2D eigenvalue weighted by Gasteiger charge is -2.37. The first kappa shape index (κ1) is 40.1. The van der Waals surface area contributed by atoms with Crippen LogP contribution in [0.4, 0.5) is 5.69 Å². The van der Waals surface area contributed by atoms with Gasteiger partial charge in [0, 0.05) is 36.8 Å². The molecule has 0 fully saturated rings. The van der Waals surface area contributed by atoms with E-state index in [-0.39, 0.29) is 30.5 Å². The Kier molecular flexibility index (Phi) is 11.8. The van der Waals surface area contributed by atoms with Gasteiger partial charge in [0.2, 0.25) is 12.0 Å². The van der Waals surface area contributed by atoms with Crippen LogP contribution in [-0.4, -0.2) is 44.9 Å². The normalized spacial score (nSPS) is 16.2. The van der Waals surface area contributed by atoms with Crippen LogP contribution in [0.5, 0.6) is 11.5 Å². The molecule has 0 saturated heterocycles. The number of carbonyl (C=O) groups is 3. The number of hydrogen-bond acceptors (Lipinski definition) is 8. The third-order valence-electron chi connectivity index (χ3n) is 10.6. The van der Waals surface area contributed by atoms with Gasteiger partial charge in [-0.15, -0.1) is 0 Å². The van der Waals surface area contributed by atoms with Gasteiger partial charge in [0.1, 0.15) is 29.3 Å². The second-order valence-electron chi connectivity index (χ2n) is 14.7. The van der Waals surface area contributed by atoms with E-state index >= 15 is 0 Å². The van der Waals surface area contributed by atoms with Gasteiger partial charge in [-0.25, -0.2) is 9.78 Å². The summed E-state index contributed by atoms with van der Waals surface area (Å²) < 4.78 is 12.2. The van der Waals surface area contributed by atoms with E-state index in [1.807, 2.05) is 83.8 Å². The van der Waals surface area contributed by atoms with Crippen LogP contribution in [0.25, 0.3) is 11.1 Å². The first-order valence-electron chi connectivity index (χ1n) is 19.2. The maximum Gasteiger partial charge on any atom is 0.326 e. The molecule has 2 amide bonds. The molecule has 0 aliphatic carbocycles. The number of anilines is 1. The third-order valence-corrected chi connectivity index (χ3v) is 11.3. The number of carboxylic acids is 1. The van der Waals surface area contributed by atoms with Crippen molar-refractivity contribution in [3.05, 3.63) is 177 Å². The maximum atomic E-state index is 14.2. The number of nitrogens with one attached hydrogen (secondary N) is 2. The van der Waals surface area contributed by atoms with Crippen LogP contribution in [0.1, 0.15) is 45.0 Å². The molecule has 0 bridgehead atoms. The van der Waals surface area contributed by atoms with E-state index in [1.165, 1.54) is 0 Å². The highest BCUT2D eigenvalue weighted by Crippen LogP contribution is 2.40. The Morgan fingerprint density at radius 3 is 2.32 bits per heavy atom. The summed E-state index contributed by atoms with van der Waals surface area (Å²) >= 11 is 12.0. The third kappa shape index (κ3) is 9.12. The number of pyridine rings is 1. The number of benzene rings is 5. The second-order valence-corrected chi connectivity index (χ2v) is 15.4. The van der Waals surface area contributed by atoms with Crippen LogP contribution in [0, 0.1) is 11.3 Å². The van der Waals surface area contributed by atoms with E-state index in [0.29, 0.717) is 46.4 Å². The Hall–Kier alpha value is -6.71. The maximum absolute atomic E-state index is 14.2. The van der Waals surface area contributed by atoms with Gasteiger partial charge >= 0.3 is 5.97 Å². The molecule has 5 aromatic carbocycles. The molecule has 3 N–H and O–H groups in total. The standard InChI is InChI=1S/C47H37Cl2N5O6/c48-38-18-31(24-51-44(38)49)27-59-37-16-14-34(15-17-37)43-46(56)52-39-20-35-21-41(54(25-30-4-2-1-3-5-30)26-36(35)22-42(39)60-43)45(55)53-40(47(57)58)19-28-6-10-32(11-7-28)33-12-8-29(23-50)9-13-33/h1-18,20,22,24,40-41,43H,19,21,25-27H2,(H,52,56)(H,53,55)(H,57,58). The van der Waals surface area contributed by atoms with Gasteiger partial charge in [-0.05, 0) is 82.3 Å². The molecule has 0 saturated carbocycles. The van der Waals surface area contributed by atoms with E-state index in [4.69, 9.17) is 37.9 Å². The molecule has 13 heteroatoms. The fraction of sp³-hybridized carbons (Fsp3) is 0.170. The number of nitriles is 1. The molecule has 0 radical (unpaired) electrons. The molecule has 2 aliphatic heterocycles. The number of aromatic nitrogens is 1. The first-order valence-corrected chi connectivity index (χ1v) is 19.9. The van der Waals surface area contributed by atoms with E-state index in [2.05, 4.69) is 21.7 Å². The van der Waals surface area contributed by atoms with Crippen LogP contribution in [0.3, 0.4) is 0 Å². The number of halogens is 2. The van der Waals surface area contributed by atoms with Gasteiger partial charge in [-0.3, -0.25) is 14.5 Å². The van der Waals surface area contributed by atoms with Crippen LogP contribution >= 0.6 is 23.2 Å². The molecule has 8 rings (SSSR count). The van der Waals surface area contributed by atoms with Gasteiger partial charge in [-0.2, -0.15) is 5.26 Å². The number of hydrogen-bond donors (Lipinski definition) is 3. The van der Waals surface area contributed by atoms with Gasteiger partial charge < -0.3 is 25.2 Å². The van der Waals surface area contributed by atoms with Gasteiger partial charge in [-0.1, -0.05) is 102 Å². The number of amides is 2. The monoisotopic (exact) mass is 837 g/mol. The van der Waals surface area contributed by atoms with Gasteiger partial charge in [0.05, 0.1) is 28.4 Å². The second kappa shape index (κ2) is 17.6. The smallest absolute Gasteiger partial charge is 0.326 e. The topological polar surface area (TPSA) is 154 Å². The minimum absolute atomic E-state index is 0.0843. The fourth-order valence-electron chi connectivity index (χ4n) is 7.43. The van der Waals surface area contributed by atoms with Crippen molar-refractivity contribution in [2.24, 2.45) is 0 Å². The summed E-state index contributed by atoms with van der Waals surface area (Å²) in [5, 5.41) is 25.8. The summed E-state index contributed by atoms with van der Waals surface area (Å²) in [5.41, 5.74) is 7.83. The highest BCUT2D eigenvalue weighted by Gasteiger charge is 2.36. The number of ether oxygens (including phenoxy) is 2. The van der Waals surface area contributed by atoms with Crippen molar-refractivity contribution < 1.29 is 29.0 Å². The Morgan fingerprint density at radius 1 is 0.917 bits per heavy atom.